The summed E-state index contributed by atoms with van der Waals surface area (Å²) < 4.78 is 5.15. The van der Waals surface area contributed by atoms with Crippen LogP contribution in [0.5, 0.6) is 0 Å². The van der Waals surface area contributed by atoms with Crippen molar-refractivity contribution >= 4 is 5.91 Å². The van der Waals surface area contributed by atoms with Crippen LogP contribution in [-0.2, 0) is 17.8 Å². The van der Waals surface area contributed by atoms with Crippen LogP contribution < -0.4 is 10.6 Å². The third kappa shape index (κ3) is 3.33. The zero-order valence-corrected chi connectivity index (χ0v) is 11.8. The lowest BCUT2D eigenvalue weighted by Gasteiger charge is -2.21. The summed E-state index contributed by atoms with van der Waals surface area (Å²) in [6.07, 6.45) is 0. The van der Waals surface area contributed by atoms with Crippen LogP contribution in [-0.4, -0.2) is 25.7 Å². The first-order valence-electron chi connectivity index (χ1n) is 6.74. The fourth-order valence-corrected chi connectivity index (χ4v) is 2.27. The van der Waals surface area contributed by atoms with Crippen molar-refractivity contribution in [3.05, 3.63) is 34.9 Å². The molecule has 0 spiro atoms. The maximum absolute atomic E-state index is 12.2. The maximum Gasteiger partial charge on any atom is 0.251 e. The summed E-state index contributed by atoms with van der Waals surface area (Å²) in [7, 11) is 1.66. The van der Waals surface area contributed by atoms with E-state index in [2.05, 4.69) is 24.5 Å². The molecule has 0 aromatic heterocycles. The van der Waals surface area contributed by atoms with Crippen molar-refractivity contribution in [2.45, 2.75) is 33.0 Å². The molecule has 2 rings (SSSR count). The summed E-state index contributed by atoms with van der Waals surface area (Å²) in [4.78, 5) is 12.2. The molecule has 1 atom stereocenters. The molecule has 1 aromatic rings. The average molecular weight is 262 g/mol. The Hall–Kier alpha value is -1.39. The monoisotopic (exact) mass is 262 g/mol. The molecule has 1 aromatic carbocycles. The van der Waals surface area contributed by atoms with E-state index in [0.717, 1.165) is 18.7 Å². The lowest BCUT2D eigenvalue weighted by molar-refractivity contribution is 0.0866. The van der Waals surface area contributed by atoms with Gasteiger partial charge in [-0.25, -0.2) is 0 Å². The SMILES string of the molecule is COCC(NC(=O)c1ccc2c(c1)CNC2)C(C)C. The van der Waals surface area contributed by atoms with Gasteiger partial charge in [0.15, 0.2) is 0 Å². The molecule has 1 aliphatic rings. The second-order valence-corrected chi connectivity index (χ2v) is 5.37. The average Bonchev–Trinajstić information content (AvgIpc) is 2.85. The van der Waals surface area contributed by atoms with E-state index >= 15 is 0 Å². The van der Waals surface area contributed by atoms with E-state index < -0.39 is 0 Å². The summed E-state index contributed by atoms with van der Waals surface area (Å²) >= 11 is 0. The Kier molecular flexibility index (Phi) is 4.56. The molecule has 19 heavy (non-hydrogen) atoms. The van der Waals surface area contributed by atoms with Crippen LogP contribution in [0.3, 0.4) is 0 Å². The predicted octanol–water partition coefficient (Wildman–Crippen LogP) is 1.69. The molecular weight excluding hydrogens is 240 g/mol. The molecule has 1 unspecified atom stereocenters. The van der Waals surface area contributed by atoms with Crippen LogP contribution >= 0.6 is 0 Å². The van der Waals surface area contributed by atoms with Gasteiger partial charge in [-0.3, -0.25) is 4.79 Å². The third-order valence-corrected chi connectivity index (χ3v) is 3.57. The minimum Gasteiger partial charge on any atom is -0.383 e. The van der Waals surface area contributed by atoms with Gasteiger partial charge < -0.3 is 15.4 Å². The number of fused-ring (bicyclic) bond motifs is 1. The number of hydrogen-bond donors (Lipinski definition) is 2. The number of carbonyl (C=O) groups excluding carboxylic acids is 1. The van der Waals surface area contributed by atoms with Crippen molar-refractivity contribution in [1.29, 1.82) is 0 Å². The lowest BCUT2D eigenvalue weighted by atomic mass is 10.0. The Bertz CT molecular complexity index is 457. The first kappa shape index (κ1) is 14.0. The number of carbonyl (C=O) groups is 1. The highest BCUT2D eigenvalue weighted by Crippen LogP contribution is 2.17. The first-order chi connectivity index (χ1) is 9.11. The first-order valence-corrected chi connectivity index (χ1v) is 6.74. The number of methoxy groups -OCH3 is 1. The Morgan fingerprint density at radius 1 is 1.37 bits per heavy atom. The van der Waals surface area contributed by atoms with Crippen molar-refractivity contribution in [1.82, 2.24) is 10.6 Å². The Labute approximate surface area is 114 Å². The number of rotatable bonds is 5. The van der Waals surface area contributed by atoms with Gasteiger partial charge in [0.2, 0.25) is 0 Å². The van der Waals surface area contributed by atoms with Crippen LogP contribution in [0.1, 0.15) is 35.3 Å². The van der Waals surface area contributed by atoms with Gasteiger partial charge in [-0.15, -0.1) is 0 Å². The van der Waals surface area contributed by atoms with Crippen molar-refractivity contribution in [2.75, 3.05) is 13.7 Å². The molecular formula is C15H22N2O2. The van der Waals surface area contributed by atoms with E-state index in [9.17, 15) is 4.79 Å². The van der Waals surface area contributed by atoms with Crippen molar-refractivity contribution in [2.24, 2.45) is 5.92 Å². The van der Waals surface area contributed by atoms with Gasteiger partial charge in [-0.1, -0.05) is 19.9 Å². The van der Waals surface area contributed by atoms with E-state index in [4.69, 9.17) is 4.74 Å². The van der Waals surface area contributed by atoms with Crippen molar-refractivity contribution < 1.29 is 9.53 Å². The summed E-state index contributed by atoms with van der Waals surface area (Å²) in [5.41, 5.74) is 3.23. The predicted molar refractivity (Wildman–Crippen MR) is 75.0 cm³/mol. The van der Waals surface area contributed by atoms with Crippen LogP contribution in [0.2, 0.25) is 0 Å². The van der Waals surface area contributed by atoms with E-state index in [-0.39, 0.29) is 11.9 Å². The van der Waals surface area contributed by atoms with Crippen molar-refractivity contribution in [3.63, 3.8) is 0 Å². The fourth-order valence-electron chi connectivity index (χ4n) is 2.27. The lowest BCUT2D eigenvalue weighted by Crippen LogP contribution is -2.41. The molecule has 1 aliphatic heterocycles. The number of benzene rings is 1. The molecule has 0 saturated heterocycles. The second kappa shape index (κ2) is 6.17. The second-order valence-electron chi connectivity index (χ2n) is 5.37. The van der Waals surface area contributed by atoms with Gasteiger partial charge in [0.1, 0.15) is 0 Å². The third-order valence-electron chi connectivity index (χ3n) is 3.57. The topological polar surface area (TPSA) is 50.4 Å². The zero-order chi connectivity index (χ0) is 13.8. The Balaban J connectivity index is 2.07. The van der Waals surface area contributed by atoms with E-state index in [1.165, 1.54) is 11.1 Å². The smallest absolute Gasteiger partial charge is 0.251 e. The maximum atomic E-state index is 12.2. The van der Waals surface area contributed by atoms with Gasteiger partial charge in [-0.2, -0.15) is 0 Å². The van der Waals surface area contributed by atoms with Crippen LogP contribution in [0.4, 0.5) is 0 Å². The van der Waals surface area contributed by atoms with Crippen molar-refractivity contribution in [3.8, 4) is 0 Å². The van der Waals surface area contributed by atoms with E-state index in [1.54, 1.807) is 7.11 Å². The van der Waals surface area contributed by atoms with Crippen LogP contribution in [0.25, 0.3) is 0 Å². The molecule has 4 heteroatoms. The molecule has 4 nitrogen and oxygen atoms in total. The largest absolute Gasteiger partial charge is 0.383 e. The summed E-state index contributed by atoms with van der Waals surface area (Å²) in [6, 6.07) is 5.95. The summed E-state index contributed by atoms with van der Waals surface area (Å²) in [6.45, 7) is 6.45. The highest BCUT2D eigenvalue weighted by molar-refractivity contribution is 5.94. The molecule has 0 bridgehead atoms. The number of ether oxygens (including phenoxy) is 1. The quantitative estimate of drug-likeness (QED) is 0.849. The van der Waals surface area contributed by atoms with Crippen LogP contribution in [0, 0.1) is 5.92 Å². The molecule has 2 N–H and O–H groups in total. The number of hydrogen-bond acceptors (Lipinski definition) is 3. The molecule has 104 valence electrons. The standard InChI is InChI=1S/C15H22N2O2/c1-10(2)14(9-19-3)17-15(18)11-4-5-12-7-16-8-13(12)6-11/h4-6,10,14,16H,7-9H2,1-3H3,(H,17,18). The molecule has 0 radical (unpaired) electrons. The number of amides is 1. The minimum absolute atomic E-state index is 0.0227. The van der Waals surface area contributed by atoms with E-state index in [0.29, 0.717) is 12.5 Å². The summed E-state index contributed by atoms with van der Waals surface area (Å²) in [5.74, 6) is 0.324. The fraction of sp³-hybridized carbons (Fsp3) is 0.533. The minimum atomic E-state index is -0.0227. The van der Waals surface area contributed by atoms with Gasteiger partial charge in [-0.05, 0) is 29.2 Å². The van der Waals surface area contributed by atoms with Gasteiger partial charge in [0.05, 0.1) is 12.6 Å². The van der Waals surface area contributed by atoms with E-state index in [1.807, 2.05) is 18.2 Å². The summed E-state index contributed by atoms with van der Waals surface area (Å²) in [5, 5.41) is 6.32. The zero-order valence-electron chi connectivity index (χ0n) is 11.8. The van der Waals surface area contributed by atoms with Gasteiger partial charge in [0.25, 0.3) is 5.91 Å². The Morgan fingerprint density at radius 2 is 2.11 bits per heavy atom. The molecule has 1 heterocycles. The molecule has 1 amide bonds. The molecule has 0 saturated carbocycles. The normalized spacial score (nSPS) is 15.4. The Morgan fingerprint density at radius 3 is 2.79 bits per heavy atom. The highest BCUT2D eigenvalue weighted by Gasteiger charge is 2.18. The molecule has 0 aliphatic carbocycles. The van der Waals surface area contributed by atoms with Gasteiger partial charge >= 0.3 is 0 Å². The highest BCUT2D eigenvalue weighted by atomic mass is 16.5. The van der Waals surface area contributed by atoms with Gasteiger partial charge in [0, 0.05) is 25.8 Å². The molecule has 0 fully saturated rings. The van der Waals surface area contributed by atoms with Crippen LogP contribution in [0.15, 0.2) is 18.2 Å². The number of nitrogens with one attached hydrogen (secondary N) is 2.